The van der Waals surface area contributed by atoms with Crippen molar-refractivity contribution in [3.63, 3.8) is 0 Å². The maximum Gasteiger partial charge on any atom is 0.277 e. The van der Waals surface area contributed by atoms with Crippen molar-refractivity contribution in [3.8, 4) is 0 Å². The van der Waals surface area contributed by atoms with E-state index in [1.54, 1.807) is 6.92 Å². The lowest BCUT2D eigenvalue weighted by Gasteiger charge is -2.22. The minimum Gasteiger partial charge on any atom is -0.329 e. The summed E-state index contributed by atoms with van der Waals surface area (Å²) in [6, 6.07) is -0.114. The summed E-state index contributed by atoms with van der Waals surface area (Å²) in [6.45, 7) is 2.53. The van der Waals surface area contributed by atoms with Crippen molar-refractivity contribution in [1.82, 2.24) is 9.44 Å². The summed E-state index contributed by atoms with van der Waals surface area (Å²) in [6.07, 6.45) is 4.53. The van der Waals surface area contributed by atoms with Crippen LogP contribution in [-0.4, -0.2) is 27.5 Å². The van der Waals surface area contributed by atoms with E-state index in [0.717, 1.165) is 12.8 Å². The van der Waals surface area contributed by atoms with Crippen LogP contribution in [0.5, 0.6) is 0 Å². The monoisotopic (exact) mass is 235 g/mol. The normalized spacial score (nSPS) is 20.7. The summed E-state index contributed by atoms with van der Waals surface area (Å²) >= 11 is 0. The fourth-order valence-electron chi connectivity index (χ4n) is 2.13. The maximum atomic E-state index is 11.5. The van der Waals surface area contributed by atoms with Gasteiger partial charge in [-0.05, 0) is 18.8 Å². The minimum atomic E-state index is -3.36. The molecule has 5 nitrogen and oxygen atoms in total. The van der Waals surface area contributed by atoms with Gasteiger partial charge in [-0.25, -0.2) is 4.72 Å². The van der Waals surface area contributed by atoms with E-state index in [-0.39, 0.29) is 6.04 Å². The van der Waals surface area contributed by atoms with Gasteiger partial charge in [0, 0.05) is 19.1 Å². The van der Waals surface area contributed by atoms with Crippen molar-refractivity contribution in [2.24, 2.45) is 11.7 Å². The fraction of sp³-hybridized carbons (Fsp3) is 1.00. The highest BCUT2D eigenvalue weighted by molar-refractivity contribution is 7.87. The van der Waals surface area contributed by atoms with Crippen LogP contribution >= 0.6 is 0 Å². The second kappa shape index (κ2) is 5.79. The Morgan fingerprint density at radius 2 is 2.00 bits per heavy atom. The SMILES string of the molecule is CCNS(=O)(=O)NC(CN)C1CCCC1. The molecule has 0 aromatic carbocycles. The standard InChI is InChI=1S/C9H21N3O2S/c1-2-11-15(13,14)12-9(7-10)8-5-3-4-6-8/h8-9,11-12H,2-7,10H2,1H3. The van der Waals surface area contributed by atoms with E-state index in [4.69, 9.17) is 5.73 Å². The average molecular weight is 235 g/mol. The Morgan fingerprint density at radius 1 is 1.40 bits per heavy atom. The number of rotatable bonds is 6. The molecule has 0 spiro atoms. The Hall–Kier alpha value is -0.170. The number of nitrogens with two attached hydrogens (primary N) is 1. The first-order valence-corrected chi connectivity index (χ1v) is 7.04. The molecule has 1 atom stereocenters. The third kappa shape index (κ3) is 4.06. The molecule has 0 aromatic heterocycles. The van der Waals surface area contributed by atoms with Crippen LogP contribution in [0.3, 0.4) is 0 Å². The van der Waals surface area contributed by atoms with Gasteiger partial charge >= 0.3 is 0 Å². The lowest BCUT2D eigenvalue weighted by atomic mass is 9.99. The molecule has 1 rings (SSSR count). The molecule has 6 heteroatoms. The van der Waals surface area contributed by atoms with Crippen LogP contribution < -0.4 is 15.2 Å². The topological polar surface area (TPSA) is 84.2 Å². The van der Waals surface area contributed by atoms with Crippen LogP contribution in [0, 0.1) is 5.92 Å². The molecular weight excluding hydrogens is 214 g/mol. The van der Waals surface area contributed by atoms with E-state index < -0.39 is 10.2 Å². The third-order valence-electron chi connectivity index (χ3n) is 2.86. The Kier molecular flexibility index (Phi) is 4.98. The van der Waals surface area contributed by atoms with E-state index in [0.29, 0.717) is 19.0 Å². The zero-order chi connectivity index (χ0) is 11.3. The predicted octanol–water partition coefficient (Wildman–Crippen LogP) is -0.0522. The van der Waals surface area contributed by atoms with E-state index >= 15 is 0 Å². The molecule has 1 saturated carbocycles. The van der Waals surface area contributed by atoms with Crippen LogP contribution in [0.15, 0.2) is 0 Å². The largest absolute Gasteiger partial charge is 0.329 e. The van der Waals surface area contributed by atoms with Gasteiger partial charge in [0.2, 0.25) is 0 Å². The Morgan fingerprint density at radius 3 is 2.47 bits per heavy atom. The van der Waals surface area contributed by atoms with Gasteiger partial charge in [0.15, 0.2) is 0 Å². The summed E-state index contributed by atoms with van der Waals surface area (Å²) < 4.78 is 28.0. The van der Waals surface area contributed by atoms with Crippen molar-refractivity contribution >= 4 is 10.2 Å². The molecule has 0 saturated heterocycles. The van der Waals surface area contributed by atoms with Gasteiger partial charge in [0.05, 0.1) is 0 Å². The van der Waals surface area contributed by atoms with Crippen molar-refractivity contribution < 1.29 is 8.42 Å². The van der Waals surface area contributed by atoms with Crippen molar-refractivity contribution in [2.75, 3.05) is 13.1 Å². The zero-order valence-electron chi connectivity index (χ0n) is 9.20. The Bertz CT molecular complexity index is 273. The van der Waals surface area contributed by atoms with Crippen molar-refractivity contribution in [1.29, 1.82) is 0 Å². The molecule has 0 heterocycles. The molecular formula is C9H21N3O2S. The lowest BCUT2D eigenvalue weighted by Crippen LogP contribution is -2.48. The molecule has 15 heavy (non-hydrogen) atoms. The van der Waals surface area contributed by atoms with Crippen LogP contribution in [0.4, 0.5) is 0 Å². The number of hydrogen-bond acceptors (Lipinski definition) is 3. The molecule has 0 amide bonds. The lowest BCUT2D eigenvalue weighted by molar-refractivity contribution is 0.403. The van der Waals surface area contributed by atoms with Crippen molar-refractivity contribution in [2.45, 2.75) is 38.6 Å². The second-order valence-corrected chi connectivity index (χ2v) is 5.54. The fourth-order valence-corrected chi connectivity index (χ4v) is 3.28. The van der Waals surface area contributed by atoms with E-state index in [1.807, 2.05) is 0 Å². The van der Waals surface area contributed by atoms with Gasteiger partial charge in [0.25, 0.3) is 10.2 Å². The molecule has 4 N–H and O–H groups in total. The van der Waals surface area contributed by atoms with E-state index in [2.05, 4.69) is 9.44 Å². The minimum absolute atomic E-state index is 0.114. The molecule has 0 bridgehead atoms. The molecule has 0 aromatic rings. The maximum absolute atomic E-state index is 11.5. The molecule has 1 unspecified atom stereocenters. The molecule has 1 aliphatic carbocycles. The van der Waals surface area contributed by atoms with E-state index in [1.165, 1.54) is 12.8 Å². The quantitative estimate of drug-likeness (QED) is 0.603. The molecule has 1 fully saturated rings. The Balaban J connectivity index is 2.52. The number of hydrogen-bond donors (Lipinski definition) is 3. The predicted molar refractivity (Wildman–Crippen MR) is 60.5 cm³/mol. The van der Waals surface area contributed by atoms with Gasteiger partial charge < -0.3 is 5.73 Å². The second-order valence-electron chi connectivity index (χ2n) is 4.01. The summed E-state index contributed by atoms with van der Waals surface area (Å²) in [5.41, 5.74) is 5.60. The van der Waals surface area contributed by atoms with Gasteiger partial charge in [0.1, 0.15) is 0 Å². The first kappa shape index (κ1) is 12.9. The highest BCUT2D eigenvalue weighted by atomic mass is 32.2. The summed E-state index contributed by atoms with van der Waals surface area (Å²) in [4.78, 5) is 0. The van der Waals surface area contributed by atoms with Gasteiger partial charge in [-0.2, -0.15) is 13.1 Å². The van der Waals surface area contributed by atoms with Crippen LogP contribution in [0.25, 0.3) is 0 Å². The van der Waals surface area contributed by atoms with Gasteiger partial charge in [-0.15, -0.1) is 0 Å². The first-order chi connectivity index (χ1) is 7.09. The van der Waals surface area contributed by atoms with E-state index in [9.17, 15) is 8.42 Å². The first-order valence-electron chi connectivity index (χ1n) is 5.56. The number of nitrogens with one attached hydrogen (secondary N) is 2. The zero-order valence-corrected chi connectivity index (χ0v) is 10.0. The summed E-state index contributed by atoms with van der Waals surface area (Å²) in [5, 5.41) is 0. The van der Waals surface area contributed by atoms with Crippen LogP contribution in [-0.2, 0) is 10.2 Å². The molecule has 1 aliphatic rings. The molecule has 0 radical (unpaired) electrons. The summed E-state index contributed by atoms with van der Waals surface area (Å²) in [7, 11) is -3.36. The molecule has 0 aliphatic heterocycles. The highest BCUT2D eigenvalue weighted by Crippen LogP contribution is 2.27. The van der Waals surface area contributed by atoms with Crippen LogP contribution in [0.2, 0.25) is 0 Å². The third-order valence-corrected chi connectivity index (χ3v) is 4.15. The smallest absolute Gasteiger partial charge is 0.277 e. The van der Waals surface area contributed by atoms with Gasteiger partial charge in [-0.1, -0.05) is 19.8 Å². The van der Waals surface area contributed by atoms with Crippen molar-refractivity contribution in [3.05, 3.63) is 0 Å². The molecule has 90 valence electrons. The average Bonchev–Trinajstić information content (AvgIpc) is 2.67. The Labute approximate surface area is 92.0 Å². The highest BCUT2D eigenvalue weighted by Gasteiger charge is 2.27. The van der Waals surface area contributed by atoms with Crippen LogP contribution in [0.1, 0.15) is 32.6 Å². The summed E-state index contributed by atoms with van der Waals surface area (Å²) in [5.74, 6) is 0.406. The van der Waals surface area contributed by atoms with Gasteiger partial charge in [-0.3, -0.25) is 0 Å².